The van der Waals surface area contributed by atoms with E-state index in [1.807, 2.05) is 23.6 Å². The lowest BCUT2D eigenvalue weighted by atomic mass is 9.45. The first-order valence-electron chi connectivity index (χ1n) is 16.7. The van der Waals surface area contributed by atoms with E-state index in [9.17, 15) is 9.18 Å². The predicted octanol–water partition coefficient (Wildman–Crippen LogP) is 6.04. The number of hydrogen-bond acceptors (Lipinski definition) is 7. The average molecular weight is 658 g/mol. The summed E-state index contributed by atoms with van der Waals surface area (Å²) >= 11 is 1.42. The first-order chi connectivity index (χ1) is 22.6. The van der Waals surface area contributed by atoms with Crippen molar-refractivity contribution in [2.75, 3.05) is 32.1 Å². The number of aliphatic imine (C=N–C) groups is 1. The summed E-state index contributed by atoms with van der Waals surface area (Å²) in [6.45, 7) is 12.3. The van der Waals surface area contributed by atoms with Crippen LogP contribution in [0.25, 0.3) is 21.7 Å². The maximum atomic E-state index is 14.8. The van der Waals surface area contributed by atoms with Gasteiger partial charge in [0.25, 0.3) is 5.56 Å². The van der Waals surface area contributed by atoms with E-state index in [0.29, 0.717) is 62.8 Å². The Morgan fingerprint density at radius 2 is 2.06 bits per heavy atom. The van der Waals surface area contributed by atoms with E-state index in [1.165, 1.54) is 30.9 Å². The molecule has 1 saturated heterocycles. The fourth-order valence-corrected chi connectivity index (χ4v) is 8.62. The van der Waals surface area contributed by atoms with Crippen LogP contribution >= 0.6 is 11.3 Å². The van der Waals surface area contributed by atoms with Gasteiger partial charge in [-0.3, -0.25) is 9.36 Å². The van der Waals surface area contributed by atoms with Gasteiger partial charge in [-0.2, -0.15) is 0 Å². The van der Waals surface area contributed by atoms with E-state index in [0.717, 1.165) is 43.6 Å². The minimum atomic E-state index is -0.364. The molecule has 8 rings (SSSR count). The van der Waals surface area contributed by atoms with Crippen molar-refractivity contribution in [2.45, 2.75) is 65.6 Å². The van der Waals surface area contributed by atoms with E-state index in [-0.39, 0.29) is 24.0 Å². The molecule has 1 unspecified atom stereocenters. The van der Waals surface area contributed by atoms with Crippen LogP contribution in [-0.4, -0.2) is 64.2 Å². The van der Waals surface area contributed by atoms with Crippen LogP contribution in [0.2, 0.25) is 0 Å². The number of guanidine groups is 1. The van der Waals surface area contributed by atoms with Crippen LogP contribution in [0.15, 0.2) is 57.8 Å². The van der Waals surface area contributed by atoms with Gasteiger partial charge in [0.15, 0.2) is 16.8 Å². The molecule has 4 aliphatic rings. The zero-order valence-corrected chi connectivity index (χ0v) is 28.6. The Bertz CT molecular complexity index is 1860. The number of halogens is 1. The molecule has 9 nitrogen and oxygen atoms in total. The third kappa shape index (κ3) is 6.04. The summed E-state index contributed by atoms with van der Waals surface area (Å²) in [7, 11) is 1.51. The van der Waals surface area contributed by atoms with Crippen LogP contribution in [0.5, 0.6) is 5.75 Å². The number of benzene rings is 2. The quantitative estimate of drug-likeness (QED) is 0.185. The fourth-order valence-electron chi connectivity index (χ4n) is 7.99. The summed E-state index contributed by atoms with van der Waals surface area (Å²) in [6, 6.07) is 11.1. The molecule has 11 heteroatoms. The van der Waals surface area contributed by atoms with Gasteiger partial charge >= 0.3 is 0 Å². The average Bonchev–Trinajstić information content (AvgIpc) is 3.60. The first kappa shape index (κ1) is 31.8. The lowest BCUT2D eigenvalue weighted by molar-refractivity contribution is -0.108. The number of ether oxygens (including phenoxy) is 1. The largest absolute Gasteiger partial charge is 0.497 e. The smallest absolute Gasteiger partial charge is 0.261 e. The topological polar surface area (TPSA) is 96.7 Å². The second-order valence-electron chi connectivity index (χ2n) is 14.1. The number of anilines is 1. The van der Waals surface area contributed by atoms with E-state index < -0.39 is 0 Å². The summed E-state index contributed by atoms with van der Waals surface area (Å²) in [5.74, 6) is 3.41. The highest BCUT2D eigenvalue weighted by Crippen LogP contribution is 2.61. The summed E-state index contributed by atoms with van der Waals surface area (Å²) < 4.78 is 21.5. The van der Waals surface area contributed by atoms with Gasteiger partial charge in [-0.1, -0.05) is 26.8 Å². The molecule has 0 spiro atoms. The van der Waals surface area contributed by atoms with Gasteiger partial charge in [-0.15, -0.1) is 11.3 Å². The SMILES string of the molecule is COc1ccc(CCn2c(-c3nccs3)nc3cc(N/C(=N/C4C[C@H]5C[C@@H]([C@@H]4C)C5(C)C)N4CCN[C@@H](C)C4)ccc3c2=O)c(F)c1. The van der Waals surface area contributed by atoms with Crippen LogP contribution in [0, 0.1) is 29.0 Å². The molecule has 0 radical (unpaired) electrons. The van der Waals surface area contributed by atoms with Gasteiger partial charge < -0.3 is 20.3 Å². The lowest BCUT2D eigenvalue weighted by Crippen LogP contribution is -2.57. The number of thiazole rings is 1. The molecule has 5 atom stereocenters. The lowest BCUT2D eigenvalue weighted by Gasteiger charge is -2.61. The van der Waals surface area contributed by atoms with Gasteiger partial charge in [-0.25, -0.2) is 19.4 Å². The van der Waals surface area contributed by atoms with Crippen LogP contribution in [0.1, 0.15) is 46.1 Å². The molecular formula is C36H44FN7O2S. The van der Waals surface area contributed by atoms with Crippen molar-refractivity contribution in [2.24, 2.45) is 28.2 Å². The van der Waals surface area contributed by atoms with E-state index in [4.69, 9.17) is 14.7 Å². The van der Waals surface area contributed by atoms with Crippen molar-refractivity contribution in [3.8, 4) is 16.6 Å². The van der Waals surface area contributed by atoms with Gasteiger partial charge in [-0.05, 0) is 79.2 Å². The molecule has 1 aliphatic heterocycles. The highest BCUT2D eigenvalue weighted by Gasteiger charge is 2.56. The van der Waals surface area contributed by atoms with Gasteiger partial charge in [0.1, 0.15) is 11.6 Å². The third-order valence-electron chi connectivity index (χ3n) is 11.0. The van der Waals surface area contributed by atoms with Gasteiger partial charge in [0, 0.05) is 55.6 Å². The molecule has 4 fully saturated rings. The van der Waals surface area contributed by atoms with Crippen LogP contribution in [0.3, 0.4) is 0 Å². The van der Waals surface area contributed by atoms with Gasteiger partial charge in [0.2, 0.25) is 0 Å². The molecular weight excluding hydrogens is 614 g/mol. The second kappa shape index (κ2) is 12.6. The van der Waals surface area contributed by atoms with Crippen molar-refractivity contribution in [1.29, 1.82) is 0 Å². The maximum Gasteiger partial charge on any atom is 0.261 e. The van der Waals surface area contributed by atoms with Crippen LogP contribution in [-0.2, 0) is 13.0 Å². The summed E-state index contributed by atoms with van der Waals surface area (Å²) in [5.41, 5.74) is 2.15. The van der Waals surface area contributed by atoms with E-state index in [1.54, 1.807) is 22.9 Å². The van der Waals surface area contributed by atoms with Crippen molar-refractivity contribution in [3.05, 3.63) is 69.7 Å². The minimum absolute atomic E-state index is 0.177. The standard InChI is InChI=1S/C36H44FN7O2S/c1-21-20-43(14-11-38-21)35(42-30-17-24-16-28(22(30)2)36(24,3)4)40-25-7-9-27-31(18-25)41-32(33-39-12-15-47-33)44(34(27)45)13-10-23-6-8-26(46-5)19-29(23)37/h6-9,12,15,18-19,21-22,24,28,30,38H,10-11,13-14,16-17,20H2,1-5H3,(H,40,42)/t21-,22-,24+,28-,30?/m0/s1. The highest BCUT2D eigenvalue weighted by molar-refractivity contribution is 7.13. The van der Waals surface area contributed by atoms with E-state index in [2.05, 4.69) is 48.2 Å². The van der Waals surface area contributed by atoms with Crippen molar-refractivity contribution < 1.29 is 9.13 Å². The Kier molecular flexibility index (Phi) is 8.55. The molecule has 0 amide bonds. The van der Waals surface area contributed by atoms with Gasteiger partial charge in [0.05, 0.1) is 24.1 Å². The predicted molar refractivity (Wildman–Crippen MR) is 187 cm³/mol. The summed E-state index contributed by atoms with van der Waals surface area (Å²) in [5, 5.41) is 10.2. The van der Waals surface area contributed by atoms with Crippen LogP contribution < -0.4 is 20.9 Å². The molecule has 3 aliphatic carbocycles. The number of aromatic nitrogens is 3. The number of aryl methyl sites for hydroxylation is 1. The number of hydrogen-bond donors (Lipinski definition) is 2. The second-order valence-corrected chi connectivity index (χ2v) is 15.0. The van der Waals surface area contributed by atoms with Crippen molar-refractivity contribution >= 4 is 33.9 Å². The maximum absolute atomic E-state index is 14.8. The minimum Gasteiger partial charge on any atom is -0.497 e. The molecule has 2 bridgehead atoms. The Hall–Kier alpha value is -3.83. The summed E-state index contributed by atoms with van der Waals surface area (Å²) in [4.78, 5) is 31.2. The monoisotopic (exact) mass is 657 g/mol. The van der Waals surface area contributed by atoms with Crippen LogP contribution in [0.4, 0.5) is 10.1 Å². The molecule has 2 aromatic heterocycles. The number of fused-ring (bicyclic) bond motifs is 3. The van der Waals surface area contributed by atoms with E-state index >= 15 is 0 Å². The number of methoxy groups -OCH3 is 1. The molecule has 2 N–H and O–H groups in total. The first-order valence-corrected chi connectivity index (χ1v) is 17.6. The highest BCUT2D eigenvalue weighted by atomic mass is 32.1. The summed E-state index contributed by atoms with van der Waals surface area (Å²) in [6.07, 6.45) is 4.46. The molecule has 4 aromatic rings. The number of piperazine rings is 1. The fraction of sp³-hybridized carbons (Fsp3) is 0.500. The Labute approximate surface area is 279 Å². The molecule has 47 heavy (non-hydrogen) atoms. The molecule has 3 saturated carbocycles. The zero-order valence-electron chi connectivity index (χ0n) is 27.8. The Balaban J connectivity index is 1.21. The third-order valence-corrected chi connectivity index (χ3v) is 11.7. The zero-order chi connectivity index (χ0) is 32.9. The molecule has 2 aromatic carbocycles. The Morgan fingerprint density at radius 1 is 1.21 bits per heavy atom. The molecule has 248 valence electrons. The van der Waals surface area contributed by atoms with Crippen molar-refractivity contribution in [1.82, 2.24) is 24.8 Å². The number of rotatable bonds is 7. The molecule has 3 heterocycles. The Morgan fingerprint density at radius 3 is 2.77 bits per heavy atom. The number of nitrogens with one attached hydrogen (secondary N) is 2. The van der Waals surface area contributed by atoms with Crippen molar-refractivity contribution in [3.63, 3.8) is 0 Å². The normalized spacial score (nSPS) is 25.4. The number of nitrogens with zero attached hydrogens (tertiary/aromatic N) is 5.